The van der Waals surface area contributed by atoms with Crippen LogP contribution >= 0.6 is 0 Å². The molecule has 4 heteroatoms. The van der Waals surface area contributed by atoms with Crippen molar-refractivity contribution in [2.75, 3.05) is 0 Å². The van der Waals surface area contributed by atoms with Crippen molar-refractivity contribution in [3.63, 3.8) is 0 Å². The molecule has 0 aliphatic carbocycles. The fourth-order valence-corrected chi connectivity index (χ4v) is 1.24. The largest absolute Gasteiger partial charge is 0.281 e. The van der Waals surface area contributed by atoms with Gasteiger partial charge in [0.25, 0.3) is 0 Å². The SMILES string of the molecule is C=CCc1[nH]ncc1-c1ncccn1. The highest BCUT2D eigenvalue weighted by atomic mass is 15.1. The molecule has 0 bridgehead atoms. The summed E-state index contributed by atoms with van der Waals surface area (Å²) < 4.78 is 0. The first-order chi connectivity index (χ1) is 6.92. The van der Waals surface area contributed by atoms with Gasteiger partial charge in [0.2, 0.25) is 0 Å². The van der Waals surface area contributed by atoms with Crippen LogP contribution in [-0.2, 0) is 6.42 Å². The van der Waals surface area contributed by atoms with Crippen molar-refractivity contribution in [3.8, 4) is 11.4 Å². The Kier molecular flexibility index (Phi) is 2.36. The highest BCUT2D eigenvalue weighted by Gasteiger charge is 2.07. The molecule has 1 N–H and O–H groups in total. The summed E-state index contributed by atoms with van der Waals surface area (Å²) in [5, 5.41) is 6.87. The smallest absolute Gasteiger partial charge is 0.162 e. The number of aromatic amines is 1. The number of hydrogen-bond donors (Lipinski definition) is 1. The Balaban J connectivity index is 2.41. The molecule has 0 aromatic carbocycles. The molecule has 0 amide bonds. The highest BCUT2D eigenvalue weighted by Crippen LogP contribution is 2.17. The van der Waals surface area contributed by atoms with E-state index in [9.17, 15) is 0 Å². The Bertz CT molecular complexity index is 419. The molecule has 0 aliphatic rings. The lowest BCUT2D eigenvalue weighted by molar-refractivity contribution is 1.01. The summed E-state index contributed by atoms with van der Waals surface area (Å²) >= 11 is 0. The fraction of sp³-hybridized carbons (Fsp3) is 0.100. The maximum absolute atomic E-state index is 4.16. The first-order valence-electron chi connectivity index (χ1n) is 4.32. The second-order valence-electron chi connectivity index (χ2n) is 2.83. The molecule has 2 aromatic heterocycles. The molecule has 0 atom stereocenters. The first-order valence-corrected chi connectivity index (χ1v) is 4.32. The molecule has 0 unspecified atom stereocenters. The third kappa shape index (κ3) is 1.54. The molecule has 2 aromatic rings. The predicted octanol–water partition coefficient (Wildman–Crippen LogP) is 1.60. The van der Waals surface area contributed by atoms with Gasteiger partial charge in [-0.2, -0.15) is 5.10 Å². The summed E-state index contributed by atoms with van der Waals surface area (Å²) in [6.45, 7) is 3.68. The molecule has 4 nitrogen and oxygen atoms in total. The van der Waals surface area contributed by atoms with Gasteiger partial charge in [0.15, 0.2) is 5.82 Å². The summed E-state index contributed by atoms with van der Waals surface area (Å²) in [5.41, 5.74) is 1.93. The van der Waals surface area contributed by atoms with E-state index in [0.29, 0.717) is 5.82 Å². The van der Waals surface area contributed by atoms with Crippen LogP contribution in [0.25, 0.3) is 11.4 Å². The molecule has 0 saturated heterocycles. The van der Waals surface area contributed by atoms with E-state index in [0.717, 1.165) is 17.7 Å². The number of allylic oxidation sites excluding steroid dienone is 1. The quantitative estimate of drug-likeness (QED) is 0.740. The summed E-state index contributed by atoms with van der Waals surface area (Å²) in [6.07, 6.45) is 7.72. The second kappa shape index (κ2) is 3.83. The van der Waals surface area contributed by atoms with Crippen molar-refractivity contribution in [2.45, 2.75) is 6.42 Å². The van der Waals surface area contributed by atoms with Gasteiger partial charge >= 0.3 is 0 Å². The van der Waals surface area contributed by atoms with Gasteiger partial charge in [-0.3, -0.25) is 5.10 Å². The molecule has 2 heterocycles. The van der Waals surface area contributed by atoms with E-state index in [2.05, 4.69) is 26.7 Å². The Morgan fingerprint density at radius 3 is 2.86 bits per heavy atom. The van der Waals surface area contributed by atoms with E-state index in [1.807, 2.05) is 6.08 Å². The molecular weight excluding hydrogens is 176 g/mol. The molecule has 0 radical (unpaired) electrons. The van der Waals surface area contributed by atoms with Gasteiger partial charge in [-0.05, 0) is 6.07 Å². The topological polar surface area (TPSA) is 54.5 Å². The van der Waals surface area contributed by atoms with E-state index < -0.39 is 0 Å². The Morgan fingerprint density at radius 2 is 2.14 bits per heavy atom. The summed E-state index contributed by atoms with van der Waals surface area (Å²) in [4.78, 5) is 8.32. The maximum atomic E-state index is 4.16. The van der Waals surface area contributed by atoms with Crippen LogP contribution in [0.15, 0.2) is 37.3 Å². The molecule has 0 saturated carbocycles. The number of hydrogen-bond acceptors (Lipinski definition) is 3. The van der Waals surface area contributed by atoms with Gasteiger partial charge in [0.05, 0.1) is 11.8 Å². The number of nitrogens with one attached hydrogen (secondary N) is 1. The molecule has 70 valence electrons. The summed E-state index contributed by atoms with van der Waals surface area (Å²) in [6, 6.07) is 1.79. The van der Waals surface area contributed by atoms with Crippen molar-refractivity contribution >= 4 is 0 Å². The van der Waals surface area contributed by atoms with Crippen LogP contribution in [0.4, 0.5) is 0 Å². The number of rotatable bonds is 3. The number of aromatic nitrogens is 4. The standard InChI is InChI=1S/C10H10N4/c1-2-4-9-8(7-13-14-9)10-11-5-3-6-12-10/h2-3,5-7H,1,4H2,(H,13,14). The molecule has 0 aliphatic heterocycles. The minimum absolute atomic E-state index is 0.693. The average molecular weight is 186 g/mol. The van der Waals surface area contributed by atoms with Gasteiger partial charge in [-0.1, -0.05) is 6.08 Å². The lowest BCUT2D eigenvalue weighted by atomic mass is 10.2. The van der Waals surface area contributed by atoms with Gasteiger partial charge in [0.1, 0.15) is 0 Å². The fourth-order valence-electron chi connectivity index (χ4n) is 1.24. The monoisotopic (exact) mass is 186 g/mol. The minimum atomic E-state index is 0.693. The molecule has 0 spiro atoms. The van der Waals surface area contributed by atoms with Gasteiger partial charge in [-0.15, -0.1) is 6.58 Å². The van der Waals surface area contributed by atoms with Crippen LogP contribution in [-0.4, -0.2) is 20.2 Å². The Morgan fingerprint density at radius 1 is 1.36 bits per heavy atom. The van der Waals surface area contributed by atoms with Crippen LogP contribution in [0.5, 0.6) is 0 Å². The molecule has 2 rings (SSSR count). The van der Waals surface area contributed by atoms with E-state index in [-0.39, 0.29) is 0 Å². The van der Waals surface area contributed by atoms with Crippen LogP contribution in [0.1, 0.15) is 5.69 Å². The van der Waals surface area contributed by atoms with Gasteiger partial charge < -0.3 is 0 Å². The molecule has 14 heavy (non-hydrogen) atoms. The van der Waals surface area contributed by atoms with Crippen molar-refractivity contribution in [3.05, 3.63) is 43.0 Å². The molecular formula is C10H10N4. The maximum Gasteiger partial charge on any atom is 0.162 e. The Hall–Kier alpha value is -1.97. The van der Waals surface area contributed by atoms with Gasteiger partial charge in [0, 0.05) is 24.5 Å². The lowest BCUT2D eigenvalue weighted by Gasteiger charge is -1.97. The number of H-pyrrole nitrogens is 1. The second-order valence-corrected chi connectivity index (χ2v) is 2.83. The zero-order valence-corrected chi connectivity index (χ0v) is 7.64. The van der Waals surface area contributed by atoms with Crippen LogP contribution in [0.3, 0.4) is 0 Å². The van der Waals surface area contributed by atoms with Crippen LogP contribution < -0.4 is 0 Å². The van der Waals surface area contributed by atoms with Crippen LogP contribution in [0.2, 0.25) is 0 Å². The van der Waals surface area contributed by atoms with E-state index in [1.54, 1.807) is 24.7 Å². The zero-order valence-electron chi connectivity index (χ0n) is 7.64. The van der Waals surface area contributed by atoms with Crippen molar-refractivity contribution in [1.29, 1.82) is 0 Å². The predicted molar refractivity (Wildman–Crippen MR) is 53.5 cm³/mol. The van der Waals surface area contributed by atoms with E-state index >= 15 is 0 Å². The Labute approximate surface area is 81.7 Å². The minimum Gasteiger partial charge on any atom is -0.281 e. The third-order valence-electron chi connectivity index (χ3n) is 1.87. The highest BCUT2D eigenvalue weighted by molar-refractivity contribution is 5.56. The molecule has 0 fully saturated rings. The van der Waals surface area contributed by atoms with E-state index in [4.69, 9.17) is 0 Å². The van der Waals surface area contributed by atoms with Crippen LogP contribution in [0, 0.1) is 0 Å². The van der Waals surface area contributed by atoms with Crippen molar-refractivity contribution in [2.24, 2.45) is 0 Å². The summed E-state index contributed by atoms with van der Waals surface area (Å²) in [7, 11) is 0. The third-order valence-corrected chi connectivity index (χ3v) is 1.87. The number of nitrogens with zero attached hydrogens (tertiary/aromatic N) is 3. The first kappa shape index (κ1) is 8.62. The van der Waals surface area contributed by atoms with Crippen molar-refractivity contribution < 1.29 is 0 Å². The average Bonchev–Trinajstić information content (AvgIpc) is 2.68. The summed E-state index contributed by atoms with van der Waals surface area (Å²) in [5.74, 6) is 0.693. The van der Waals surface area contributed by atoms with Crippen molar-refractivity contribution in [1.82, 2.24) is 20.2 Å². The van der Waals surface area contributed by atoms with Gasteiger partial charge in [-0.25, -0.2) is 9.97 Å². The zero-order chi connectivity index (χ0) is 9.80. The normalized spacial score (nSPS) is 10.0. The van der Waals surface area contributed by atoms with E-state index in [1.165, 1.54) is 0 Å². The lowest BCUT2D eigenvalue weighted by Crippen LogP contribution is -1.90.